The number of anilines is 1. The van der Waals surface area contributed by atoms with Gasteiger partial charge in [0.1, 0.15) is 18.3 Å². The van der Waals surface area contributed by atoms with Crippen molar-refractivity contribution in [1.82, 2.24) is 20.8 Å². The zero-order valence-corrected chi connectivity index (χ0v) is 20.0. The first-order chi connectivity index (χ1) is 16.7. The predicted octanol–water partition coefficient (Wildman–Crippen LogP) is 4.25. The molecule has 1 aromatic carbocycles. The van der Waals surface area contributed by atoms with Crippen molar-refractivity contribution < 1.29 is 31.6 Å². The molecule has 8 nitrogen and oxygen atoms in total. The average Bonchev–Trinajstić information content (AvgIpc) is 3.52. The van der Waals surface area contributed by atoms with Crippen LogP contribution in [0, 0.1) is 0 Å². The summed E-state index contributed by atoms with van der Waals surface area (Å²) in [6, 6.07) is 3.83. The molecule has 4 heterocycles. The van der Waals surface area contributed by atoms with E-state index in [1.165, 1.54) is 7.11 Å². The number of hydrogen-bond acceptors (Lipinski definition) is 9. The molecule has 3 N–H and O–H groups in total. The maximum absolute atomic E-state index is 14.4. The van der Waals surface area contributed by atoms with Gasteiger partial charge in [-0.1, -0.05) is 17.3 Å². The summed E-state index contributed by atoms with van der Waals surface area (Å²) < 4.78 is 65.9. The van der Waals surface area contributed by atoms with Crippen LogP contribution in [0.2, 0.25) is 0 Å². The van der Waals surface area contributed by atoms with Gasteiger partial charge in [0.25, 0.3) is 0 Å². The normalized spacial score (nSPS) is 25.2. The van der Waals surface area contributed by atoms with Gasteiger partial charge in [0.15, 0.2) is 0 Å². The number of ether oxygens (including phenoxy) is 1. The van der Waals surface area contributed by atoms with Crippen molar-refractivity contribution in [3.63, 3.8) is 0 Å². The van der Waals surface area contributed by atoms with Crippen LogP contribution in [0.1, 0.15) is 24.8 Å². The number of aromatic nitrogens is 2. The Kier molecular flexibility index (Phi) is 6.63. The first-order valence-electron chi connectivity index (χ1n) is 10.8. The van der Waals surface area contributed by atoms with Gasteiger partial charge in [-0.3, -0.25) is 4.79 Å². The van der Waals surface area contributed by atoms with E-state index in [2.05, 4.69) is 26.1 Å². The second-order valence-corrected chi connectivity index (χ2v) is 10.3. The molecule has 1 amide bonds. The highest BCUT2D eigenvalue weighted by Gasteiger charge is 2.38. The van der Waals surface area contributed by atoms with E-state index >= 15 is 0 Å². The highest BCUT2D eigenvalue weighted by atomic mass is 32.2. The van der Waals surface area contributed by atoms with Crippen molar-refractivity contribution in [1.29, 1.82) is 0 Å². The summed E-state index contributed by atoms with van der Waals surface area (Å²) in [5.74, 6) is -0.261. The maximum atomic E-state index is 14.4. The number of rotatable bonds is 6. The fourth-order valence-electron chi connectivity index (χ4n) is 4.22. The molecule has 2 aromatic heterocycles. The lowest BCUT2D eigenvalue weighted by molar-refractivity contribution is -0.127. The molecule has 2 saturated heterocycles. The van der Waals surface area contributed by atoms with E-state index < -0.39 is 29.9 Å². The Labute approximate surface area is 205 Å². The third-order valence-electron chi connectivity index (χ3n) is 5.91. The summed E-state index contributed by atoms with van der Waals surface area (Å²) in [4.78, 5) is 16.3. The van der Waals surface area contributed by atoms with Crippen molar-refractivity contribution in [3.05, 3.63) is 24.1 Å². The third-order valence-corrected chi connectivity index (χ3v) is 8.14. The Morgan fingerprint density at radius 1 is 1.34 bits per heavy atom. The summed E-state index contributed by atoms with van der Waals surface area (Å²) in [5, 5.41) is 13.2. The summed E-state index contributed by atoms with van der Waals surface area (Å²) in [6.07, 6.45) is -1.13. The molecule has 3 aromatic rings. The molecule has 4 atom stereocenters. The molecule has 5 rings (SSSR count). The molecule has 0 spiro atoms. The standard InChI is InChI=1S/C21H21F4N5O3S2/c1-32-14-7-12(28-19(14)31)20-29-18(30-33-20)17-16(35-21(23,24)25)9-3-2-4-11(15(9)34-17)27-13-8-26-6-5-10(13)22/h2-4,10,12-14,26-27H,5-8H2,1H3,(H,28,31)/t10-,12+,13+,14-/m0/s1. The Morgan fingerprint density at radius 3 is 2.89 bits per heavy atom. The van der Waals surface area contributed by atoms with Crippen LogP contribution in [-0.4, -0.2) is 60.1 Å². The zero-order chi connectivity index (χ0) is 24.7. The van der Waals surface area contributed by atoms with Gasteiger partial charge < -0.3 is 25.2 Å². The van der Waals surface area contributed by atoms with E-state index in [1.54, 1.807) is 18.2 Å². The number of amides is 1. The van der Waals surface area contributed by atoms with E-state index in [0.717, 1.165) is 11.3 Å². The molecule has 14 heteroatoms. The van der Waals surface area contributed by atoms with Crippen LogP contribution in [0.5, 0.6) is 0 Å². The largest absolute Gasteiger partial charge is 0.446 e. The second-order valence-electron chi connectivity index (χ2n) is 8.23. The Bertz CT molecular complexity index is 1230. The molecule has 0 saturated carbocycles. The lowest BCUT2D eigenvalue weighted by Crippen LogP contribution is -2.46. The minimum absolute atomic E-state index is 0.0169. The number of benzene rings is 1. The Balaban J connectivity index is 1.53. The van der Waals surface area contributed by atoms with Crippen LogP contribution in [0.15, 0.2) is 27.6 Å². The monoisotopic (exact) mass is 531 g/mol. The molecule has 0 unspecified atom stereocenters. The van der Waals surface area contributed by atoms with Crippen LogP contribution in [0.25, 0.3) is 20.8 Å². The average molecular weight is 532 g/mol. The van der Waals surface area contributed by atoms with Crippen molar-refractivity contribution >= 4 is 44.8 Å². The van der Waals surface area contributed by atoms with Crippen LogP contribution in [-0.2, 0) is 9.53 Å². The number of fused-ring (bicyclic) bond motifs is 1. The number of halogens is 4. The van der Waals surface area contributed by atoms with E-state index in [9.17, 15) is 22.4 Å². The SMILES string of the molecule is CO[C@H]1C[C@H](c2nc(-c3sc4c(N[C@@H]5CNCC[C@@H]5F)cccc4c3SC(F)(F)F)no2)NC1=O. The van der Waals surface area contributed by atoms with Gasteiger partial charge in [0.05, 0.1) is 21.3 Å². The molecule has 0 bridgehead atoms. The van der Waals surface area contributed by atoms with Gasteiger partial charge in [-0.25, -0.2) is 4.39 Å². The quantitative estimate of drug-likeness (QED) is 0.321. The maximum Gasteiger partial charge on any atom is 0.446 e. The fourth-order valence-corrected chi connectivity index (χ4v) is 6.33. The lowest BCUT2D eigenvalue weighted by atomic mass is 10.0. The molecule has 0 radical (unpaired) electrons. The number of nitrogens with one attached hydrogen (secondary N) is 3. The van der Waals surface area contributed by atoms with Crippen molar-refractivity contribution in [3.8, 4) is 10.7 Å². The first-order valence-corrected chi connectivity index (χ1v) is 12.5. The van der Waals surface area contributed by atoms with Gasteiger partial charge in [-0.15, -0.1) is 11.3 Å². The number of carbonyl (C=O) groups excluding carboxylic acids is 1. The number of nitrogens with zero attached hydrogens (tertiary/aromatic N) is 2. The number of carbonyl (C=O) groups is 1. The van der Waals surface area contributed by atoms with Gasteiger partial charge >= 0.3 is 5.51 Å². The van der Waals surface area contributed by atoms with E-state index in [-0.39, 0.29) is 45.6 Å². The molecule has 2 fully saturated rings. The highest BCUT2D eigenvalue weighted by Crippen LogP contribution is 2.50. The third kappa shape index (κ3) is 4.97. The van der Waals surface area contributed by atoms with Crippen molar-refractivity contribution in [2.24, 2.45) is 0 Å². The van der Waals surface area contributed by atoms with Gasteiger partial charge in [0.2, 0.25) is 17.6 Å². The minimum atomic E-state index is -4.55. The second kappa shape index (κ2) is 9.56. The summed E-state index contributed by atoms with van der Waals surface area (Å²) in [6.45, 7) is 0.982. The van der Waals surface area contributed by atoms with E-state index in [4.69, 9.17) is 9.26 Å². The van der Waals surface area contributed by atoms with Crippen LogP contribution in [0.3, 0.4) is 0 Å². The molecule has 2 aliphatic rings. The van der Waals surface area contributed by atoms with Crippen LogP contribution >= 0.6 is 23.1 Å². The van der Waals surface area contributed by atoms with Crippen molar-refractivity contribution in [2.45, 2.75) is 47.6 Å². The van der Waals surface area contributed by atoms with Crippen molar-refractivity contribution in [2.75, 3.05) is 25.5 Å². The Morgan fingerprint density at radius 2 is 2.17 bits per heavy atom. The summed E-state index contributed by atoms with van der Waals surface area (Å²) >= 11 is 0.817. The number of thiophene rings is 1. The van der Waals surface area contributed by atoms with Crippen LogP contribution in [0.4, 0.5) is 23.2 Å². The van der Waals surface area contributed by atoms with E-state index in [1.807, 2.05) is 0 Å². The summed E-state index contributed by atoms with van der Waals surface area (Å²) in [7, 11) is 1.41. The Hall–Kier alpha value is -2.42. The number of methoxy groups -OCH3 is 1. The summed E-state index contributed by atoms with van der Waals surface area (Å²) in [5.41, 5.74) is -4.02. The molecule has 188 valence electrons. The highest BCUT2D eigenvalue weighted by molar-refractivity contribution is 8.00. The first kappa shape index (κ1) is 24.3. The number of alkyl halides is 4. The van der Waals surface area contributed by atoms with Gasteiger partial charge in [0, 0.05) is 30.4 Å². The van der Waals surface area contributed by atoms with Gasteiger partial charge in [-0.05, 0) is 30.8 Å². The number of hydrogen-bond donors (Lipinski definition) is 3. The molecular weight excluding hydrogens is 510 g/mol. The number of thioether (sulfide) groups is 1. The molecule has 0 aliphatic carbocycles. The molecular formula is C21H21F4N5O3S2. The number of piperidine rings is 1. The fraction of sp³-hybridized carbons (Fsp3) is 0.476. The van der Waals surface area contributed by atoms with Crippen LogP contribution < -0.4 is 16.0 Å². The topological polar surface area (TPSA) is 101 Å². The lowest BCUT2D eigenvalue weighted by Gasteiger charge is -2.28. The minimum Gasteiger partial charge on any atom is -0.377 e. The van der Waals surface area contributed by atoms with E-state index in [0.29, 0.717) is 35.3 Å². The molecule has 2 aliphatic heterocycles. The predicted molar refractivity (Wildman–Crippen MR) is 123 cm³/mol. The molecule has 35 heavy (non-hydrogen) atoms. The zero-order valence-electron chi connectivity index (χ0n) is 18.3. The van der Waals surface area contributed by atoms with Gasteiger partial charge in [-0.2, -0.15) is 18.2 Å². The smallest absolute Gasteiger partial charge is 0.377 e.